The van der Waals surface area contributed by atoms with Gasteiger partial charge in [0.05, 0.1) is 29.7 Å². The first kappa shape index (κ1) is 19.1. The minimum atomic E-state index is 0.0870. The molecule has 0 bridgehead atoms. The van der Waals surface area contributed by atoms with Gasteiger partial charge in [-0.25, -0.2) is 4.98 Å². The zero-order valence-corrected chi connectivity index (χ0v) is 17.6. The number of hydrogen-bond donors (Lipinski definition) is 0. The van der Waals surface area contributed by atoms with Crippen LogP contribution in [0.5, 0.6) is 5.88 Å². The van der Waals surface area contributed by atoms with Crippen molar-refractivity contribution in [2.75, 3.05) is 0 Å². The van der Waals surface area contributed by atoms with Gasteiger partial charge in [0.15, 0.2) is 0 Å². The Morgan fingerprint density at radius 3 is 2.62 bits per heavy atom. The van der Waals surface area contributed by atoms with Gasteiger partial charge in [-0.1, -0.05) is 19.9 Å². The SMILES string of the molecule is CC.Cc1cn(SI)c2ccc(-c3cncc(OC(C)C)n3)cc12. The lowest BCUT2D eigenvalue weighted by Gasteiger charge is -2.09. The molecule has 0 atom stereocenters. The maximum Gasteiger partial charge on any atom is 0.233 e. The third kappa shape index (κ3) is 4.22. The van der Waals surface area contributed by atoms with Crippen LogP contribution in [0.25, 0.3) is 22.2 Å². The number of aryl methyl sites for hydroxylation is 1. The molecule has 2 heterocycles. The molecule has 0 aliphatic rings. The predicted molar refractivity (Wildman–Crippen MR) is 112 cm³/mol. The highest BCUT2D eigenvalue weighted by Crippen LogP contribution is 2.31. The van der Waals surface area contributed by atoms with Gasteiger partial charge in [0.1, 0.15) is 0 Å². The molecule has 128 valence electrons. The molecular formula is C18H22IN3OS. The van der Waals surface area contributed by atoms with E-state index in [2.05, 4.69) is 66.5 Å². The number of fused-ring (bicyclic) bond motifs is 1. The van der Waals surface area contributed by atoms with Gasteiger partial charge in [0.2, 0.25) is 5.88 Å². The highest BCUT2D eigenvalue weighted by Gasteiger charge is 2.09. The van der Waals surface area contributed by atoms with Gasteiger partial charge in [0, 0.05) is 47.5 Å². The Morgan fingerprint density at radius 1 is 1.21 bits per heavy atom. The average molecular weight is 455 g/mol. The van der Waals surface area contributed by atoms with Crippen molar-refractivity contribution in [3.8, 4) is 17.1 Å². The van der Waals surface area contributed by atoms with Gasteiger partial charge in [0.25, 0.3) is 0 Å². The minimum absolute atomic E-state index is 0.0870. The van der Waals surface area contributed by atoms with Crippen molar-refractivity contribution in [2.45, 2.75) is 40.7 Å². The number of benzene rings is 1. The Balaban J connectivity index is 0.00000100. The third-order valence-corrected chi connectivity index (χ3v) is 5.03. The van der Waals surface area contributed by atoms with Crippen LogP contribution in [0.3, 0.4) is 0 Å². The van der Waals surface area contributed by atoms with Crippen molar-refractivity contribution in [3.05, 3.63) is 42.4 Å². The quantitative estimate of drug-likeness (QED) is 0.448. The molecule has 0 unspecified atom stereocenters. The highest BCUT2D eigenvalue weighted by molar-refractivity contribution is 14.2. The molecule has 0 fully saturated rings. The van der Waals surface area contributed by atoms with Gasteiger partial charge in [-0.2, -0.15) is 0 Å². The maximum absolute atomic E-state index is 5.63. The van der Waals surface area contributed by atoms with Crippen LogP contribution in [0.2, 0.25) is 0 Å². The number of hydrogen-bond acceptors (Lipinski definition) is 4. The van der Waals surface area contributed by atoms with E-state index in [4.69, 9.17) is 4.74 Å². The fraction of sp³-hybridized carbons (Fsp3) is 0.333. The lowest BCUT2D eigenvalue weighted by Crippen LogP contribution is -2.07. The van der Waals surface area contributed by atoms with E-state index in [9.17, 15) is 0 Å². The Labute approximate surface area is 159 Å². The van der Waals surface area contributed by atoms with Crippen molar-refractivity contribution in [1.29, 1.82) is 0 Å². The summed E-state index contributed by atoms with van der Waals surface area (Å²) in [4.78, 5) is 8.79. The van der Waals surface area contributed by atoms with E-state index in [0.29, 0.717) is 5.88 Å². The van der Waals surface area contributed by atoms with Crippen LogP contribution in [0.15, 0.2) is 36.8 Å². The van der Waals surface area contributed by atoms with Crippen molar-refractivity contribution in [1.82, 2.24) is 13.9 Å². The zero-order valence-electron chi connectivity index (χ0n) is 14.6. The monoisotopic (exact) mass is 455 g/mol. The molecule has 4 nitrogen and oxygen atoms in total. The summed E-state index contributed by atoms with van der Waals surface area (Å²) in [5.74, 6) is 0.560. The second kappa shape index (κ2) is 8.71. The molecule has 0 N–H and O–H groups in total. The molecule has 0 spiro atoms. The van der Waals surface area contributed by atoms with Crippen LogP contribution in [0.1, 0.15) is 33.3 Å². The molecule has 0 radical (unpaired) electrons. The van der Waals surface area contributed by atoms with Crippen LogP contribution in [0.4, 0.5) is 0 Å². The third-order valence-electron chi connectivity index (χ3n) is 3.31. The summed E-state index contributed by atoms with van der Waals surface area (Å²) < 4.78 is 7.79. The molecule has 6 heteroatoms. The van der Waals surface area contributed by atoms with Gasteiger partial charge in [-0.15, -0.1) is 0 Å². The van der Waals surface area contributed by atoms with E-state index >= 15 is 0 Å². The average Bonchev–Trinajstić information content (AvgIpc) is 2.92. The van der Waals surface area contributed by atoms with Crippen molar-refractivity contribution in [3.63, 3.8) is 0 Å². The molecule has 0 saturated heterocycles. The van der Waals surface area contributed by atoms with Crippen molar-refractivity contribution in [2.24, 2.45) is 0 Å². The second-order valence-corrected chi connectivity index (χ2v) is 7.06. The topological polar surface area (TPSA) is 39.9 Å². The number of aromatic nitrogens is 3. The number of rotatable bonds is 4. The summed E-state index contributed by atoms with van der Waals surface area (Å²) >= 11 is 2.29. The second-order valence-electron chi connectivity index (χ2n) is 5.35. The summed E-state index contributed by atoms with van der Waals surface area (Å²) in [5, 5.41) is 1.23. The van der Waals surface area contributed by atoms with Gasteiger partial charge < -0.3 is 4.74 Å². The Kier molecular flexibility index (Phi) is 6.91. The summed E-state index contributed by atoms with van der Waals surface area (Å²) in [6.45, 7) is 10.1. The van der Waals surface area contributed by atoms with Crippen LogP contribution >= 0.6 is 30.3 Å². The Morgan fingerprint density at radius 2 is 1.96 bits per heavy atom. The lowest BCUT2D eigenvalue weighted by atomic mass is 10.1. The van der Waals surface area contributed by atoms with Crippen molar-refractivity contribution < 1.29 is 4.74 Å². The van der Waals surface area contributed by atoms with Crippen LogP contribution < -0.4 is 4.74 Å². The molecule has 0 amide bonds. The van der Waals surface area contributed by atoms with E-state index < -0.39 is 0 Å². The van der Waals surface area contributed by atoms with E-state index in [1.807, 2.05) is 27.7 Å². The van der Waals surface area contributed by atoms with Gasteiger partial charge in [-0.3, -0.25) is 8.96 Å². The Hall–Kier alpha value is -1.28. The van der Waals surface area contributed by atoms with Gasteiger partial charge in [-0.05, 0) is 38.5 Å². The summed E-state index contributed by atoms with van der Waals surface area (Å²) in [6.07, 6.45) is 5.66. The highest BCUT2D eigenvalue weighted by atomic mass is 127. The zero-order chi connectivity index (χ0) is 17.7. The molecular weight excluding hydrogens is 433 g/mol. The van der Waals surface area contributed by atoms with Crippen LogP contribution in [-0.4, -0.2) is 20.0 Å². The fourth-order valence-corrected chi connectivity index (χ4v) is 3.77. The summed E-state index contributed by atoms with van der Waals surface area (Å²) in [7, 11) is 1.67. The first-order valence-electron chi connectivity index (χ1n) is 7.98. The number of ether oxygens (including phenoxy) is 1. The van der Waals surface area contributed by atoms with E-state index in [1.165, 1.54) is 16.5 Å². The lowest BCUT2D eigenvalue weighted by molar-refractivity contribution is 0.232. The molecule has 2 aromatic heterocycles. The fourth-order valence-electron chi connectivity index (χ4n) is 2.36. The van der Waals surface area contributed by atoms with E-state index in [-0.39, 0.29) is 6.10 Å². The smallest absolute Gasteiger partial charge is 0.233 e. The molecule has 0 aliphatic heterocycles. The number of halogens is 1. The molecule has 3 aromatic rings. The molecule has 3 rings (SSSR count). The first-order chi connectivity index (χ1) is 11.6. The van der Waals surface area contributed by atoms with Gasteiger partial charge >= 0.3 is 0 Å². The van der Waals surface area contributed by atoms with Crippen molar-refractivity contribution >= 4 is 41.2 Å². The first-order valence-corrected chi connectivity index (χ1v) is 11.3. The van der Waals surface area contributed by atoms with Crippen LogP contribution in [-0.2, 0) is 0 Å². The largest absolute Gasteiger partial charge is 0.474 e. The Bertz CT molecular complexity index is 817. The molecule has 1 aromatic carbocycles. The summed E-state index contributed by atoms with van der Waals surface area (Å²) in [6, 6.07) is 6.37. The molecule has 0 aliphatic carbocycles. The van der Waals surface area contributed by atoms with E-state index in [1.54, 1.807) is 21.5 Å². The molecule has 0 saturated carbocycles. The molecule has 24 heavy (non-hydrogen) atoms. The summed E-state index contributed by atoms with van der Waals surface area (Å²) in [5.41, 5.74) is 4.34. The van der Waals surface area contributed by atoms with E-state index in [0.717, 1.165) is 11.3 Å². The standard InChI is InChI=1S/C16H16IN3OS.C2H6/c1-10(2)21-16-8-18-7-14(19-16)12-4-5-15-13(6-12)11(3)9-20(15)22-17;1-2/h4-10H,1-3H3;1-2H3. The predicted octanol–water partition coefficient (Wildman–Crippen LogP) is 6.07. The minimum Gasteiger partial charge on any atom is -0.474 e. The number of nitrogens with zero attached hydrogens (tertiary/aromatic N) is 3. The normalized spacial score (nSPS) is 10.6. The van der Waals surface area contributed by atoms with Crippen LogP contribution in [0, 0.1) is 6.92 Å². The maximum atomic E-state index is 5.63.